The van der Waals surface area contributed by atoms with Crippen LogP contribution < -0.4 is 10.2 Å². The third-order valence-corrected chi connectivity index (χ3v) is 6.16. The second-order valence-corrected chi connectivity index (χ2v) is 8.65. The number of aromatic nitrogens is 2. The molecule has 0 aliphatic rings. The summed E-state index contributed by atoms with van der Waals surface area (Å²) in [5.74, 6) is -0.558. The Bertz CT molecular complexity index is 1440. The Morgan fingerprint density at radius 1 is 1.00 bits per heavy atom. The Hall–Kier alpha value is -4.30. The molecule has 0 bridgehead atoms. The molecule has 0 fully saturated rings. The predicted molar refractivity (Wildman–Crippen MR) is 133 cm³/mol. The highest BCUT2D eigenvalue weighted by atomic mass is 32.1. The first-order valence-electron chi connectivity index (χ1n) is 10.6. The average molecular weight is 469 g/mol. The fraction of sp³-hybridized carbons (Fsp3) is 0.0769. The quantitative estimate of drug-likeness (QED) is 0.353. The van der Waals surface area contributed by atoms with E-state index in [0.29, 0.717) is 22.6 Å². The van der Waals surface area contributed by atoms with E-state index in [1.54, 1.807) is 30.0 Å². The lowest BCUT2D eigenvalue weighted by atomic mass is 10.1. The number of anilines is 2. The minimum absolute atomic E-state index is 0.131. The summed E-state index contributed by atoms with van der Waals surface area (Å²) in [5, 5.41) is 2.87. The lowest BCUT2D eigenvalue weighted by Crippen LogP contribution is -2.38. The van der Waals surface area contributed by atoms with Crippen LogP contribution in [0.4, 0.5) is 11.4 Å². The highest BCUT2D eigenvalue weighted by molar-refractivity contribution is 7.16. The Morgan fingerprint density at radius 3 is 2.53 bits per heavy atom. The molecule has 0 unspecified atom stereocenters. The maximum atomic E-state index is 13.5. The van der Waals surface area contributed by atoms with Crippen LogP contribution in [0.1, 0.15) is 15.9 Å². The van der Waals surface area contributed by atoms with Crippen LogP contribution in [0.3, 0.4) is 0 Å². The summed E-state index contributed by atoms with van der Waals surface area (Å²) in [6.45, 7) is 1.84. The number of hydrogen-bond acceptors (Lipinski definition) is 6. The number of hydrogen-bond donors (Lipinski definition) is 1. The fourth-order valence-electron chi connectivity index (χ4n) is 3.57. The minimum atomic E-state index is -0.304. The molecule has 0 aliphatic heterocycles. The minimum Gasteiger partial charge on any atom is -0.451 e. The van der Waals surface area contributed by atoms with Crippen molar-refractivity contribution in [2.24, 2.45) is 0 Å². The third-order valence-electron chi connectivity index (χ3n) is 5.37. The van der Waals surface area contributed by atoms with E-state index in [4.69, 9.17) is 4.42 Å². The summed E-state index contributed by atoms with van der Waals surface area (Å²) in [6, 6.07) is 20.2. The van der Waals surface area contributed by atoms with Crippen molar-refractivity contribution in [3.63, 3.8) is 0 Å². The second kappa shape index (κ2) is 9.29. The topological polar surface area (TPSA) is 88.3 Å². The number of carbonyl (C=O) groups excluding carboxylic acids is 2. The molecule has 34 heavy (non-hydrogen) atoms. The molecule has 7 nitrogen and oxygen atoms in total. The number of fused-ring (bicyclic) bond motifs is 1. The van der Waals surface area contributed by atoms with Gasteiger partial charge in [-0.05, 0) is 49.4 Å². The van der Waals surface area contributed by atoms with Crippen LogP contribution in [0, 0.1) is 6.92 Å². The number of oxazole rings is 1. The highest BCUT2D eigenvalue weighted by Crippen LogP contribution is 2.24. The van der Waals surface area contributed by atoms with E-state index < -0.39 is 0 Å². The molecule has 0 atom stereocenters. The lowest BCUT2D eigenvalue weighted by Gasteiger charge is -2.23. The molecular formula is C26H20N4O3S. The molecule has 3 aromatic carbocycles. The molecule has 0 saturated heterocycles. The van der Waals surface area contributed by atoms with Gasteiger partial charge in [0.25, 0.3) is 5.91 Å². The van der Waals surface area contributed by atoms with E-state index in [9.17, 15) is 9.59 Å². The van der Waals surface area contributed by atoms with Gasteiger partial charge in [0.1, 0.15) is 18.5 Å². The van der Waals surface area contributed by atoms with Crippen molar-refractivity contribution in [3.05, 3.63) is 96.0 Å². The van der Waals surface area contributed by atoms with Gasteiger partial charge in [0.2, 0.25) is 5.91 Å². The molecule has 0 spiro atoms. The van der Waals surface area contributed by atoms with Crippen molar-refractivity contribution >= 4 is 44.7 Å². The van der Waals surface area contributed by atoms with Crippen LogP contribution in [0.2, 0.25) is 0 Å². The molecule has 0 saturated carbocycles. The monoisotopic (exact) mass is 468 g/mol. The van der Waals surface area contributed by atoms with Crippen molar-refractivity contribution in [2.45, 2.75) is 6.92 Å². The number of nitrogens with zero attached hydrogens (tertiary/aromatic N) is 3. The Morgan fingerprint density at radius 2 is 1.79 bits per heavy atom. The lowest BCUT2D eigenvalue weighted by molar-refractivity contribution is -0.114. The van der Waals surface area contributed by atoms with E-state index in [1.165, 1.54) is 22.6 Å². The molecule has 168 valence electrons. The molecule has 1 N–H and O–H groups in total. The predicted octanol–water partition coefficient (Wildman–Crippen LogP) is 5.55. The fourth-order valence-corrected chi connectivity index (χ4v) is 4.29. The Labute approximate surface area is 199 Å². The maximum Gasteiger partial charge on any atom is 0.258 e. The number of amides is 2. The van der Waals surface area contributed by atoms with Crippen molar-refractivity contribution in [1.82, 2.24) is 9.97 Å². The zero-order valence-electron chi connectivity index (χ0n) is 18.3. The average Bonchev–Trinajstić information content (AvgIpc) is 3.55. The first-order valence-corrected chi connectivity index (χ1v) is 11.4. The van der Waals surface area contributed by atoms with Gasteiger partial charge in [-0.15, -0.1) is 11.3 Å². The van der Waals surface area contributed by atoms with Crippen LogP contribution in [-0.2, 0) is 4.79 Å². The van der Waals surface area contributed by atoms with Gasteiger partial charge in [-0.1, -0.05) is 29.8 Å². The zero-order chi connectivity index (χ0) is 23.5. The van der Waals surface area contributed by atoms with Crippen LogP contribution >= 0.6 is 11.3 Å². The maximum absolute atomic E-state index is 13.5. The van der Waals surface area contributed by atoms with Gasteiger partial charge in [0.15, 0.2) is 6.39 Å². The number of carbonyl (C=O) groups is 2. The van der Waals surface area contributed by atoms with Gasteiger partial charge in [-0.25, -0.2) is 9.97 Å². The third kappa shape index (κ3) is 4.57. The molecular weight excluding hydrogens is 448 g/mol. The van der Waals surface area contributed by atoms with E-state index in [1.807, 2.05) is 55.5 Å². The van der Waals surface area contributed by atoms with Crippen molar-refractivity contribution in [1.29, 1.82) is 0 Å². The molecule has 5 rings (SSSR count). The normalized spacial score (nSPS) is 10.9. The van der Waals surface area contributed by atoms with Crippen LogP contribution in [-0.4, -0.2) is 28.3 Å². The smallest absolute Gasteiger partial charge is 0.258 e. The summed E-state index contributed by atoms with van der Waals surface area (Å²) >= 11 is 1.47. The van der Waals surface area contributed by atoms with Crippen LogP contribution in [0.5, 0.6) is 0 Å². The van der Waals surface area contributed by atoms with Crippen LogP contribution in [0.15, 0.2) is 89.3 Å². The first kappa shape index (κ1) is 21.5. The summed E-state index contributed by atoms with van der Waals surface area (Å²) in [5.41, 5.74) is 7.03. The Balaban J connectivity index is 1.37. The zero-order valence-corrected chi connectivity index (χ0v) is 19.1. The van der Waals surface area contributed by atoms with Gasteiger partial charge < -0.3 is 9.73 Å². The Kier molecular flexibility index (Phi) is 5.88. The first-order chi connectivity index (χ1) is 16.6. The van der Waals surface area contributed by atoms with E-state index in [2.05, 4.69) is 15.3 Å². The largest absolute Gasteiger partial charge is 0.451 e. The number of benzene rings is 3. The van der Waals surface area contributed by atoms with E-state index in [0.717, 1.165) is 21.3 Å². The molecule has 2 heterocycles. The molecule has 0 radical (unpaired) electrons. The van der Waals surface area contributed by atoms with Gasteiger partial charge in [0, 0.05) is 22.5 Å². The van der Waals surface area contributed by atoms with Gasteiger partial charge in [-0.2, -0.15) is 0 Å². The number of thiazole rings is 1. The van der Waals surface area contributed by atoms with E-state index in [-0.39, 0.29) is 18.4 Å². The molecule has 0 aliphatic carbocycles. The molecule has 2 amide bonds. The van der Waals surface area contributed by atoms with Crippen molar-refractivity contribution in [2.75, 3.05) is 16.8 Å². The van der Waals surface area contributed by atoms with Gasteiger partial charge >= 0.3 is 0 Å². The standard InChI is InChI=1S/C26H20N4O3S/c1-17-2-9-21(10-3-17)30(26(32)19-6-11-22-24(12-19)34-16-28-22)13-25(31)29-20-7-4-18(5-8-20)23-14-33-15-27-23/h2-12,14-16H,13H2,1H3,(H,29,31). The van der Waals surface area contributed by atoms with Crippen molar-refractivity contribution in [3.8, 4) is 11.3 Å². The summed E-state index contributed by atoms with van der Waals surface area (Å²) < 4.78 is 5.94. The summed E-state index contributed by atoms with van der Waals surface area (Å²) in [6.07, 6.45) is 2.93. The highest BCUT2D eigenvalue weighted by Gasteiger charge is 2.21. The second-order valence-electron chi connectivity index (χ2n) is 7.76. The molecule has 8 heteroatoms. The van der Waals surface area contributed by atoms with Crippen LogP contribution in [0.25, 0.3) is 21.5 Å². The summed E-state index contributed by atoms with van der Waals surface area (Å²) in [7, 11) is 0. The number of rotatable bonds is 6. The van der Waals surface area contributed by atoms with E-state index >= 15 is 0 Å². The number of nitrogens with one attached hydrogen (secondary N) is 1. The summed E-state index contributed by atoms with van der Waals surface area (Å²) in [4.78, 5) is 36.3. The SMILES string of the molecule is Cc1ccc(N(CC(=O)Nc2ccc(-c3cocn3)cc2)C(=O)c2ccc3ncsc3c2)cc1. The van der Waals surface area contributed by atoms with Crippen molar-refractivity contribution < 1.29 is 14.0 Å². The van der Waals surface area contributed by atoms with Gasteiger partial charge in [-0.3, -0.25) is 14.5 Å². The van der Waals surface area contributed by atoms with Gasteiger partial charge in [0.05, 0.1) is 15.7 Å². The number of aryl methyl sites for hydroxylation is 1. The molecule has 2 aromatic heterocycles. The molecule has 5 aromatic rings.